The quantitative estimate of drug-likeness (QED) is 0.793. The maximum Gasteiger partial charge on any atom is 0.305 e. The van der Waals surface area contributed by atoms with Gasteiger partial charge in [-0.1, -0.05) is 29.3 Å². The van der Waals surface area contributed by atoms with Crippen LogP contribution in [-0.2, 0) is 14.3 Å². The zero-order valence-corrected chi connectivity index (χ0v) is 13.4. The van der Waals surface area contributed by atoms with Crippen molar-refractivity contribution in [2.45, 2.75) is 24.9 Å². The van der Waals surface area contributed by atoms with E-state index in [-0.39, 0.29) is 31.4 Å². The predicted octanol–water partition coefficient (Wildman–Crippen LogP) is 1.82. The van der Waals surface area contributed by atoms with Crippen molar-refractivity contribution in [3.8, 4) is 5.75 Å². The van der Waals surface area contributed by atoms with Crippen LogP contribution in [-0.4, -0.2) is 31.6 Å². The molecule has 0 spiro atoms. The molecule has 0 saturated heterocycles. The molecule has 6 nitrogen and oxygen atoms in total. The summed E-state index contributed by atoms with van der Waals surface area (Å²) in [5.41, 5.74) is 6.52. The summed E-state index contributed by atoms with van der Waals surface area (Å²) in [7, 11) is 1.29. The molecule has 1 amide bonds. The fourth-order valence-electron chi connectivity index (χ4n) is 2.13. The number of amides is 1. The van der Waals surface area contributed by atoms with E-state index in [0.29, 0.717) is 15.8 Å². The smallest absolute Gasteiger partial charge is 0.305 e. The van der Waals surface area contributed by atoms with Gasteiger partial charge in [-0.3, -0.25) is 9.59 Å². The van der Waals surface area contributed by atoms with Gasteiger partial charge in [0.05, 0.1) is 24.2 Å². The van der Waals surface area contributed by atoms with Crippen molar-refractivity contribution in [1.82, 2.24) is 5.32 Å². The highest BCUT2D eigenvalue weighted by molar-refractivity contribution is 6.43. The van der Waals surface area contributed by atoms with Gasteiger partial charge in [-0.05, 0) is 12.5 Å². The summed E-state index contributed by atoms with van der Waals surface area (Å²) in [6.07, 6.45) is 0.296. The minimum Gasteiger partial charge on any atom is -0.489 e. The van der Waals surface area contributed by atoms with E-state index in [0.717, 1.165) is 5.56 Å². The molecule has 1 aromatic rings. The zero-order valence-electron chi connectivity index (χ0n) is 11.9. The highest BCUT2D eigenvalue weighted by Crippen LogP contribution is 2.42. The summed E-state index contributed by atoms with van der Waals surface area (Å²) in [4.78, 5) is 23.1. The average molecular weight is 347 g/mol. The number of nitrogens with two attached hydrogens (primary N) is 1. The first-order chi connectivity index (χ1) is 10.4. The average Bonchev–Trinajstić information content (AvgIpc) is 2.91. The van der Waals surface area contributed by atoms with E-state index in [1.54, 1.807) is 12.1 Å². The fourth-order valence-corrected chi connectivity index (χ4v) is 2.50. The molecule has 1 aromatic carbocycles. The summed E-state index contributed by atoms with van der Waals surface area (Å²) in [6, 6.07) is 2.25. The standard InChI is InChI=1S/C14H16Cl2N2O4/c1-21-11(19)5-4-9(17)14(20)18-10-6-22-13-7(10)2-3-8(15)12(13)16/h2-3,9-10H,4-6,17H2,1H3,(H,18,20). The van der Waals surface area contributed by atoms with Crippen molar-refractivity contribution in [3.63, 3.8) is 0 Å². The number of ether oxygens (including phenoxy) is 2. The van der Waals surface area contributed by atoms with Gasteiger partial charge in [0.1, 0.15) is 17.4 Å². The molecule has 0 aromatic heterocycles. The molecule has 0 bridgehead atoms. The van der Waals surface area contributed by atoms with Crippen LogP contribution in [0.2, 0.25) is 10.0 Å². The minimum absolute atomic E-state index is 0.0876. The van der Waals surface area contributed by atoms with Crippen molar-refractivity contribution in [3.05, 3.63) is 27.7 Å². The SMILES string of the molecule is COC(=O)CCC(N)C(=O)NC1COc2c1ccc(Cl)c2Cl. The lowest BCUT2D eigenvalue weighted by Gasteiger charge is -2.16. The molecule has 0 fully saturated rings. The van der Waals surface area contributed by atoms with E-state index in [1.165, 1.54) is 7.11 Å². The molecule has 2 atom stereocenters. The van der Waals surface area contributed by atoms with Crippen LogP contribution in [0.15, 0.2) is 12.1 Å². The molecule has 0 aliphatic carbocycles. The molecule has 3 N–H and O–H groups in total. The third-order valence-electron chi connectivity index (χ3n) is 3.39. The molecule has 1 aliphatic rings. The maximum absolute atomic E-state index is 12.1. The molecule has 2 unspecified atom stereocenters. The Bertz CT molecular complexity index is 594. The van der Waals surface area contributed by atoms with E-state index in [9.17, 15) is 9.59 Å². The monoisotopic (exact) mass is 346 g/mol. The Morgan fingerprint density at radius 3 is 2.91 bits per heavy atom. The number of fused-ring (bicyclic) bond motifs is 1. The Labute approximate surface area is 137 Å². The van der Waals surface area contributed by atoms with Crippen molar-refractivity contribution >= 4 is 35.1 Å². The summed E-state index contributed by atoms with van der Waals surface area (Å²) >= 11 is 12.0. The molecule has 0 saturated carbocycles. The lowest BCUT2D eigenvalue weighted by Crippen LogP contribution is -2.42. The number of methoxy groups -OCH3 is 1. The van der Waals surface area contributed by atoms with E-state index in [4.69, 9.17) is 33.7 Å². The summed E-state index contributed by atoms with van der Waals surface area (Å²) in [5, 5.41) is 3.50. The third-order valence-corrected chi connectivity index (χ3v) is 4.18. The van der Waals surface area contributed by atoms with Gasteiger partial charge in [-0.25, -0.2) is 0 Å². The second-order valence-electron chi connectivity index (χ2n) is 4.87. The minimum atomic E-state index is -0.800. The van der Waals surface area contributed by atoms with Crippen molar-refractivity contribution in [2.24, 2.45) is 5.73 Å². The van der Waals surface area contributed by atoms with E-state index in [1.807, 2.05) is 0 Å². The number of rotatable bonds is 5. The second kappa shape index (κ2) is 7.17. The second-order valence-corrected chi connectivity index (χ2v) is 5.66. The summed E-state index contributed by atoms with van der Waals surface area (Å²) < 4.78 is 9.98. The van der Waals surface area contributed by atoms with E-state index in [2.05, 4.69) is 10.1 Å². The number of carbonyl (C=O) groups excluding carboxylic acids is 2. The van der Waals surface area contributed by atoms with Gasteiger partial charge >= 0.3 is 5.97 Å². The van der Waals surface area contributed by atoms with Crippen molar-refractivity contribution < 1.29 is 19.1 Å². The number of esters is 1. The van der Waals surface area contributed by atoms with E-state index >= 15 is 0 Å². The maximum atomic E-state index is 12.1. The topological polar surface area (TPSA) is 90.7 Å². The molecule has 1 aliphatic heterocycles. The Balaban J connectivity index is 1.97. The van der Waals surface area contributed by atoms with Gasteiger partial charge in [0, 0.05) is 12.0 Å². The zero-order chi connectivity index (χ0) is 16.3. The van der Waals surface area contributed by atoms with Crippen LogP contribution in [0.25, 0.3) is 0 Å². The van der Waals surface area contributed by atoms with Gasteiger partial charge in [0.25, 0.3) is 0 Å². The van der Waals surface area contributed by atoms with Gasteiger partial charge in [0.15, 0.2) is 0 Å². The van der Waals surface area contributed by atoms with Crippen LogP contribution in [0, 0.1) is 0 Å². The molecular formula is C14H16Cl2N2O4. The van der Waals surface area contributed by atoms with Crippen LogP contribution in [0.5, 0.6) is 5.75 Å². The van der Waals surface area contributed by atoms with Gasteiger partial charge in [0.2, 0.25) is 5.91 Å². The predicted molar refractivity (Wildman–Crippen MR) is 82.1 cm³/mol. The third kappa shape index (κ3) is 3.63. The lowest BCUT2D eigenvalue weighted by atomic mass is 10.1. The summed E-state index contributed by atoms with van der Waals surface area (Å²) in [6.45, 7) is 0.255. The molecule has 0 radical (unpaired) electrons. The van der Waals surface area contributed by atoms with Crippen LogP contribution in [0.3, 0.4) is 0 Å². The number of benzene rings is 1. The number of hydrogen-bond acceptors (Lipinski definition) is 5. The Morgan fingerprint density at radius 1 is 1.50 bits per heavy atom. The molecule has 120 valence electrons. The molecule has 1 heterocycles. The largest absolute Gasteiger partial charge is 0.489 e. The van der Waals surface area contributed by atoms with Crippen LogP contribution < -0.4 is 15.8 Å². The number of halogens is 2. The van der Waals surface area contributed by atoms with Crippen LogP contribution >= 0.6 is 23.2 Å². The molecule has 22 heavy (non-hydrogen) atoms. The first kappa shape index (κ1) is 16.9. The first-order valence-corrected chi connectivity index (χ1v) is 7.43. The van der Waals surface area contributed by atoms with Gasteiger partial charge in [-0.15, -0.1) is 0 Å². The fraction of sp³-hybridized carbons (Fsp3) is 0.429. The Morgan fingerprint density at radius 2 is 2.23 bits per heavy atom. The Hall–Kier alpha value is -1.50. The number of hydrogen-bond donors (Lipinski definition) is 2. The highest BCUT2D eigenvalue weighted by Gasteiger charge is 2.29. The number of carbonyl (C=O) groups is 2. The lowest BCUT2D eigenvalue weighted by molar-refractivity contribution is -0.140. The first-order valence-electron chi connectivity index (χ1n) is 6.67. The van der Waals surface area contributed by atoms with E-state index < -0.39 is 12.0 Å². The van der Waals surface area contributed by atoms with Gasteiger partial charge < -0.3 is 20.5 Å². The van der Waals surface area contributed by atoms with Crippen molar-refractivity contribution in [1.29, 1.82) is 0 Å². The normalized spacial score (nSPS) is 17.4. The molecule has 8 heteroatoms. The summed E-state index contributed by atoms with van der Waals surface area (Å²) in [5.74, 6) is -0.293. The van der Waals surface area contributed by atoms with Gasteiger partial charge in [-0.2, -0.15) is 0 Å². The van der Waals surface area contributed by atoms with Crippen LogP contribution in [0.4, 0.5) is 0 Å². The Kier molecular flexibility index (Phi) is 5.50. The molecular weight excluding hydrogens is 331 g/mol. The van der Waals surface area contributed by atoms with Crippen molar-refractivity contribution in [2.75, 3.05) is 13.7 Å². The highest BCUT2D eigenvalue weighted by atomic mass is 35.5. The number of nitrogens with one attached hydrogen (secondary N) is 1. The molecule has 2 rings (SSSR count). The van der Waals surface area contributed by atoms with Crippen LogP contribution in [0.1, 0.15) is 24.4 Å².